The first-order valence-corrected chi connectivity index (χ1v) is 7.43. The molecule has 1 aromatic carbocycles. The smallest absolute Gasteiger partial charge is 0.402 e. The molecule has 0 bridgehead atoms. The SMILES string of the molecule is N/C(=N/O)c1ccc(Br)cc1NS(=O)(=O)NCC(F)(F)F. The molecule has 0 atom stereocenters. The summed E-state index contributed by atoms with van der Waals surface area (Å²) in [5.74, 6) is -0.406. The molecular weight excluding hydrogens is 381 g/mol. The van der Waals surface area contributed by atoms with E-state index in [4.69, 9.17) is 10.9 Å². The van der Waals surface area contributed by atoms with Crippen molar-refractivity contribution in [3.8, 4) is 0 Å². The van der Waals surface area contributed by atoms with E-state index in [9.17, 15) is 21.6 Å². The fourth-order valence-electron chi connectivity index (χ4n) is 1.24. The van der Waals surface area contributed by atoms with Gasteiger partial charge < -0.3 is 10.9 Å². The second kappa shape index (κ2) is 6.49. The molecule has 5 N–H and O–H groups in total. The molecule has 21 heavy (non-hydrogen) atoms. The fourth-order valence-corrected chi connectivity index (χ4v) is 2.48. The molecule has 1 rings (SSSR count). The van der Waals surface area contributed by atoms with Crippen molar-refractivity contribution < 1.29 is 26.8 Å². The number of nitrogens with zero attached hydrogens (tertiary/aromatic N) is 1. The summed E-state index contributed by atoms with van der Waals surface area (Å²) in [6.07, 6.45) is -4.69. The van der Waals surface area contributed by atoms with Gasteiger partial charge in [-0.1, -0.05) is 21.1 Å². The largest absolute Gasteiger partial charge is 0.409 e. The Kier molecular flexibility index (Phi) is 5.42. The van der Waals surface area contributed by atoms with Crippen LogP contribution in [0.5, 0.6) is 0 Å². The Morgan fingerprint density at radius 1 is 1.43 bits per heavy atom. The van der Waals surface area contributed by atoms with E-state index in [2.05, 4.69) is 21.1 Å². The van der Waals surface area contributed by atoms with E-state index in [0.717, 1.165) is 0 Å². The molecule has 0 saturated carbocycles. The number of rotatable bonds is 5. The molecule has 0 fully saturated rings. The first-order valence-electron chi connectivity index (χ1n) is 5.15. The van der Waals surface area contributed by atoms with Gasteiger partial charge in [-0.2, -0.15) is 26.3 Å². The zero-order valence-corrected chi connectivity index (χ0v) is 12.6. The number of nitrogens with two attached hydrogens (primary N) is 1. The minimum atomic E-state index is -4.69. The Labute approximate surface area is 126 Å². The average molecular weight is 391 g/mol. The number of alkyl halides is 3. The van der Waals surface area contributed by atoms with E-state index >= 15 is 0 Å². The van der Waals surface area contributed by atoms with Gasteiger partial charge in [-0.3, -0.25) is 4.72 Å². The standard InChI is InChI=1S/C9H10BrF3N4O3S/c10-5-1-2-6(8(14)16-18)7(3-5)17-21(19,20)15-4-9(11,12)13/h1-3,15,17-18H,4H2,(H2,14,16). The Bertz CT molecular complexity index is 648. The van der Waals surface area contributed by atoms with E-state index in [-0.39, 0.29) is 11.3 Å². The van der Waals surface area contributed by atoms with Crippen molar-refractivity contribution in [3.05, 3.63) is 28.2 Å². The minimum absolute atomic E-state index is 0.00177. The van der Waals surface area contributed by atoms with Crippen molar-refractivity contribution in [1.29, 1.82) is 0 Å². The van der Waals surface area contributed by atoms with Gasteiger partial charge in [0.2, 0.25) is 0 Å². The third kappa shape index (κ3) is 5.77. The average Bonchev–Trinajstić information content (AvgIpc) is 2.35. The lowest BCUT2D eigenvalue weighted by Crippen LogP contribution is -2.37. The number of hydrogen-bond acceptors (Lipinski definition) is 4. The predicted molar refractivity (Wildman–Crippen MR) is 73.3 cm³/mol. The van der Waals surface area contributed by atoms with Crippen LogP contribution in [0, 0.1) is 0 Å². The van der Waals surface area contributed by atoms with Crippen LogP contribution in [0.3, 0.4) is 0 Å². The van der Waals surface area contributed by atoms with Crippen LogP contribution >= 0.6 is 15.9 Å². The second-order valence-electron chi connectivity index (χ2n) is 3.72. The van der Waals surface area contributed by atoms with E-state index in [1.54, 1.807) is 0 Å². The van der Waals surface area contributed by atoms with Gasteiger partial charge in [0, 0.05) is 10.0 Å². The Morgan fingerprint density at radius 3 is 2.57 bits per heavy atom. The molecule has 7 nitrogen and oxygen atoms in total. The molecule has 0 aliphatic rings. The van der Waals surface area contributed by atoms with Gasteiger partial charge in [0.1, 0.15) is 6.54 Å². The molecule has 0 radical (unpaired) electrons. The predicted octanol–water partition coefficient (Wildman–Crippen LogP) is 1.35. The lowest BCUT2D eigenvalue weighted by Gasteiger charge is -2.14. The molecule has 1 aromatic rings. The summed E-state index contributed by atoms with van der Waals surface area (Å²) in [6, 6.07) is 4.05. The molecule has 0 aromatic heterocycles. The van der Waals surface area contributed by atoms with Crippen LogP contribution in [0.4, 0.5) is 18.9 Å². The van der Waals surface area contributed by atoms with E-state index in [0.29, 0.717) is 4.47 Å². The van der Waals surface area contributed by atoms with Crippen LogP contribution in [0.2, 0.25) is 0 Å². The van der Waals surface area contributed by atoms with Crippen molar-refractivity contribution in [1.82, 2.24) is 4.72 Å². The molecule has 0 saturated heterocycles. The number of amidine groups is 1. The van der Waals surface area contributed by atoms with E-state index in [1.165, 1.54) is 22.9 Å². The lowest BCUT2D eigenvalue weighted by atomic mass is 10.2. The van der Waals surface area contributed by atoms with E-state index in [1.807, 2.05) is 4.72 Å². The van der Waals surface area contributed by atoms with Crippen molar-refractivity contribution >= 4 is 37.7 Å². The normalized spacial score (nSPS) is 13.2. The second-order valence-corrected chi connectivity index (χ2v) is 6.13. The summed E-state index contributed by atoms with van der Waals surface area (Å²) < 4.78 is 62.8. The monoisotopic (exact) mass is 390 g/mol. The summed E-state index contributed by atoms with van der Waals surface area (Å²) in [5.41, 5.74) is 5.20. The van der Waals surface area contributed by atoms with Gasteiger partial charge in [0.25, 0.3) is 10.2 Å². The fraction of sp³-hybridized carbons (Fsp3) is 0.222. The van der Waals surface area contributed by atoms with E-state index < -0.39 is 28.8 Å². The summed E-state index contributed by atoms with van der Waals surface area (Å²) >= 11 is 3.07. The highest BCUT2D eigenvalue weighted by molar-refractivity contribution is 9.10. The number of anilines is 1. The highest BCUT2D eigenvalue weighted by Gasteiger charge is 2.29. The van der Waals surface area contributed by atoms with Gasteiger partial charge in [0.05, 0.1) is 5.69 Å². The number of hydrogen-bond donors (Lipinski definition) is 4. The van der Waals surface area contributed by atoms with Gasteiger partial charge in [0.15, 0.2) is 5.84 Å². The zero-order chi connectivity index (χ0) is 16.3. The summed E-state index contributed by atoms with van der Waals surface area (Å²) in [6.45, 7) is -1.73. The zero-order valence-electron chi connectivity index (χ0n) is 10.1. The first-order chi connectivity index (χ1) is 9.54. The Morgan fingerprint density at radius 2 is 2.05 bits per heavy atom. The molecule has 0 heterocycles. The van der Waals surface area contributed by atoms with Gasteiger partial charge in [-0.15, -0.1) is 0 Å². The van der Waals surface area contributed by atoms with Crippen LogP contribution in [0.15, 0.2) is 27.8 Å². The third-order valence-corrected chi connectivity index (χ3v) is 3.58. The summed E-state index contributed by atoms with van der Waals surface area (Å²) in [7, 11) is -4.48. The van der Waals surface area contributed by atoms with Crippen LogP contribution < -0.4 is 15.2 Å². The van der Waals surface area contributed by atoms with Crippen molar-refractivity contribution in [2.24, 2.45) is 10.9 Å². The molecule has 0 aliphatic heterocycles. The number of nitrogens with one attached hydrogen (secondary N) is 2. The van der Waals surface area contributed by atoms with Gasteiger partial charge >= 0.3 is 6.18 Å². The first kappa shape index (κ1) is 17.5. The third-order valence-electron chi connectivity index (χ3n) is 2.07. The maximum absolute atomic E-state index is 12.0. The van der Waals surface area contributed by atoms with Crippen molar-refractivity contribution in [2.45, 2.75) is 6.18 Å². The van der Waals surface area contributed by atoms with Crippen LogP contribution in [-0.2, 0) is 10.2 Å². The topological polar surface area (TPSA) is 117 Å². The molecule has 0 amide bonds. The Balaban J connectivity index is 3.04. The number of benzene rings is 1. The highest BCUT2D eigenvalue weighted by Crippen LogP contribution is 2.22. The molecule has 12 heteroatoms. The lowest BCUT2D eigenvalue weighted by molar-refractivity contribution is -0.121. The summed E-state index contributed by atoms with van der Waals surface area (Å²) in [5, 5.41) is 11.3. The molecule has 0 unspecified atom stereocenters. The highest BCUT2D eigenvalue weighted by atomic mass is 79.9. The summed E-state index contributed by atoms with van der Waals surface area (Å²) in [4.78, 5) is 0. The van der Waals surface area contributed by atoms with Gasteiger partial charge in [-0.05, 0) is 18.2 Å². The van der Waals surface area contributed by atoms with Crippen LogP contribution in [0.25, 0.3) is 0 Å². The van der Waals surface area contributed by atoms with Crippen molar-refractivity contribution in [2.75, 3.05) is 11.3 Å². The number of oxime groups is 1. The molecule has 118 valence electrons. The minimum Gasteiger partial charge on any atom is -0.409 e. The Hall–Kier alpha value is -1.53. The molecular formula is C9H10BrF3N4O3S. The van der Waals surface area contributed by atoms with Crippen LogP contribution in [-0.4, -0.2) is 32.2 Å². The van der Waals surface area contributed by atoms with Crippen LogP contribution in [0.1, 0.15) is 5.56 Å². The van der Waals surface area contributed by atoms with Gasteiger partial charge in [-0.25, -0.2) is 0 Å². The maximum atomic E-state index is 12.0. The molecule has 0 aliphatic carbocycles. The maximum Gasteiger partial charge on any atom is 0.402 e. The number of halogens is 4. The van der Waals surface area contributed by atoms with Crippen molar-refractivity contribution in [3.63, 3.8) is 0 Å². The quantitative estimate of drug-likeness (QED) is 0.262. The molecule has 0 spiro atoms.